The number of aromatic nitrogens is 2. The molecule has 1 aliphatic heterocycles. The summed E-state index contributed by atoms with van der Waals surface area (Å²) in [6.45, 7) is 0.905. The van der Waals surface area contributed by atoms with E-state index in [1.165, 1.54) is 47.9 Å². The van der Waals surface area contributed by atoms with E-state index in [1.807, 2.05) is 41.3 Å². The summed E-state index contributed by atoms with van der Waals surface area (Å²) in [5, 5.41) is 0.596. The molecule has 1 saturated carbocycles. The summed E-state index contributed by atoms with van der Waals surface area (Å²) in [6.07, 6.45) is 8.67. The second-order valence-corrected chi connectivity index (χ2v) is 9.25. The van der Waals surface area contributed by atoms with Gasteiger partial charge in [0.15, 0.2) is 0 Å². The molecule has 2 aromatic heterocycles. The summed E-state index contributed by atoms with van der Waals surface area (Å²) < 4.78 is 1.48. The topological polar surface area (TPSA) is 55.2 Å². The van der Waals surface area contributed by atoms with E-state index >= 15 is 0 Å². The Bertz CT molecular complexity index is 1090. The number of fused-ring (bicyclic) bond motifs is 2. The zero-order valence-corrected chi connectivity index (χ0v) is 17.2. The normalized spacial score (nSPS) is 21.9. The summed E-state index contributed by atoms with van der Waals surface area (Å²) in [7, 11) is 0. The van der Waals surface area contributed by atoms with Crippen molar-refractivity contribution in [2.24, 2.45) is 5.92 Å². The minimum Gasteiger partial charge on any atom is -0.338 e. The third kappa shape index (κ3) is 3.50. The first-order valence-corrected chi connectivity index (χ1v) is 11.4. The van der Waals surface area contributed by atoms with Crippen LogP contribution in [0.25, 0.3) is 20.7 Å². The predicted octanol–water partition coefficient (Wildman–Crippen LogP) is 4.31. The lowest BCUT2D eigenvalue weighted by atomic mass is 9.78. The number of thiophene rings is 1. The van der Waals surface area contributed by atoms with Crippen LogP contribution in [0, 0.1) is 5.92 Å². The van der Waals surface area contributed by atoms with Gasteiger partial charge >= 0.3 is 0 Å². The Hall–Kier alpha value is -2.47. The monoisotopic (exact) mass is 407 g/mol. The third-order valence-electron chi connectivity index (χ3n) is 6.45. The molecule has 0 spiro atoms. The molecule has 29 heavy (non-hydrogen) atoms. The molecule has 0 N–H and O–H groups in total. The first kappa shape index (κ1) is 18.6. The van der Waals surface area contributed by atoms with E-state index in [2.05, 4.69) is 4.98 Å². The van der Waals surface area contributed by atoms with Gasteiger partial charge < -0.3 is 4.90 Å². The van der Waals surface area contributed by atoms with E-state index in [1.54, 1.807) is 0 Å². The molecular weight excluding hydrogens is 382 g/mol. The summed E-state index contributed by atoms with van der Waals surface area (Å²) in [5.41, 5.74) is 0.952. The van der Waals surface area contributed by atoms with Crippen LogP contribution in [0.15, 0.2) is 47.5 Å². The highest BCUT2D eigenvalue weighted by atomic mass is 32.1. The van der Waals surface area contributed by atoms with E-state index < -0.39 is 0 Å². The molecule has 3 aromatic rings. The number of nitrogens with zero attached hydrogens (tertiary/aromatic N) is 3. The molecule has 1 saturated heterocycles. The van der Waals surface area contributed by atoms with Gasteiger partial charge in [0.25, 0.3) is 5.56 Å². The maximum absolute atomic E-state index is 13.1. The largest absolute Gasteiger partial charge is 0.338 e. The average molecular weight is 408 g/mol. The highest BCUT2D eigenvalue weighted by Crippen LogP contribution is 2.35. The van der Waals surface area contributed by atoms with E-state index in [0.717, 1.165) is 34.7 Å². The second-order valence-electron chi connectivity index (χ2n) is 8.21. The fourth-order valence-electron chi connectivity index (χ4n) is 4.99. The van der Waals surface area contributed by atoms with E-state index in [9.17, 15) is 9.59 Å². The quantitative estimate of drug-likeness (QED) is 0.650. The number of carbonyl (C=O) groups is 1. The molecule has 3 heterocycles. The Morgan fingerprint density at radius 2 is 1.90 bits per heavy atom. The lowest BCUT2D eigenvalue weighted by Gasteiger charge is -2.44. The van der Waals surface area contributed by atoms with Gasteiger partial charge in [0.2, 0.25) is 5.91 Å². The van der Waals surface area contributed by atoms with Crippen LogP contribution >= 0.6 is 11.3 Å². The molecule has 150 valence electrons. The molecule has 1 aromatic carbocycles. The lowest BCUT2D eigenvalue weighted by molar-refractivity contribution is -0.138. The van der Waals surface area contributed by atoms with Gasteiger partial charge in [-0.1, -0.05) is 43.2 Å². The van der Waals surface area contributed by atoms with Crippen molar-refractivity contribution in [3.8, 4) is 10.4 Å². The van der Waals surface area contributed by atoms with Gasteiger partial charge in [0, 0.05) is 17.5 Å². The van der Waals surface area contributed by atoms with Crippen molar-refractivity contribution in [1.82, 2.24) is 14.5 Å². The smallest absolute Gasteiger partial charge is 0.262 e. The van der Waals surface area contributed by atoms with E-state index in [0.29, 0.717) is 17.3 Å². The molecule has 0 radical (unpaired) electrons. The van der Waals surface area contributed by atoms with Gasteiger partial charge in [-0.3, -0.25) is 14.2 Å². The van der Waals surface area contributed by atoms with Gasteiger partial charge in [0.1, 0.15) is 11.4 Å². The van der Waals surface area contributed by atoms with Crippen molar-refractivity contribution in [1.29, 1.82) is 0 Å². The molecular formula is C23H25N3O2S. The molecule has 0 bridgehead atoms. The SMILES string of the molecule is O=C(Cn1cnc2sc(-c3ccccc3)cc2c1=O)N1CCCC2CCCCC21. The Morgan fingerprint density at radius 1 is 1.10 bits per heavy atom. The summed E-state index contributed by atoms with van der Waals surface area (Å²) in [6, 6.07) is 12.3. The first-order chi connectivity index (χ1) is 14.2. The maximum atomic E-state index is 13.1. The molecule has 1 amide bonds. The van der Waals surface area contributed by atoms with Gasteiger partial charge in [0.05, 0.1) is 11.7 Å². The van der Waals surface area contributed by atoms with Gasteiger partial charge in [-0.25, -0.2) is 4.98 Å². The number of hydrogen-bond acceptors (Lipinski definition) is 4. The highest BCUT2D eigenvalue weighted by Gasteiger charge is 2.35. The van der Waals surface area contributed by atoms with Crippen LogP contribution in [-0.4, -0.2) is 32.9 Å². The molecule has 5 nitrogen and oxygen atoms in total. The molecule has 6 heteroatoms. The number of hydrogen-bond donors (Lipinski definition) is 0. The molecule has 2 aliphatic rings. The molecule has 5 rings (SSSR count). The van der Waals surface area contributed by atoms with Crippen LogP contribution in [0.4, 0.5) is 0 Å². The van der Waals surface area contributed by atoms with Crippen LogP contribution in [0.5, 0.6) is 0 Å². The van der Waals surface area contributed by atoms with Crippen LogP contribution in [0.3, 0.4) is 0 Å². The third-order valence-corrected chi connectivity index (χ3v) is 7.54. The number of amides is 1. The van der Waals surface area contributed by atoms with E-state index in [4.69, 9.17) is 0 Å². The maximum Gasteiger partial charge on any atom is 0.262 e. The highest BCUT2D eigenvalue weighted by molar-refractivity contribution is 7.21. The summed E-state index contributed by atoms with van der Waals surface area (Å²) in [4.78, 5) is 34.4. The average Bonchev–Trinajstić information content (AvgIpc) is 3.21. The zero-order valence-electron chi connectivity index (χ0n) is 16.4. The van der Waals surface area contributed by atoms with E-state index in [-0.39, 0.29) is 18.0 Å². The van der Waals surface area contributed by atoms with Crippen LogP contribution in [0.2, 0.25) is 0 Å². The second kappa shape index (κ2) is 7.75. The van der Waals surface area contributed by atoms with Crippen molar-refractivity contribution in [2.75, 3.05) is 6.54 Å². The first-order valence-electron chi connectivity index (χ1n) is 10.5. The van der Waals surface area contributed by atoms with Crippen molar-refractivity contribution in [3.63, 3.8) is 0 Å². The molecule has 2 unspecified atom stereocenters. The molecule has 1 aliphatic carbocycles. The number of benzene rings is 1. The number of rotatable bonds is 3. The Balaban J connectivity index is 1.41. The van der Waals surface area contributed by atoms with Crippen molar-refractivity contribution in [3.05, 3.63) is 53.1 Å². The fourth-order valence-corrected chi connectivity index (χ4v) is 5.98. The lowest BCUT2D eigenvalue weighted by Crippen LogP contribution is -2.51. The summed E-state index contributed by atoms with van der Waals surface area (Å²) in [5.74, 6) is 0.701. The minimum atomic E-state index is -0.126. The number of piperidine rings is 1. The summed E-state index contributed by atoms with van der Waals surface area (Å²) >= 11 is 1.52. The Kier molecular flexibility index (Phi) is 4.96. The van der Waals surface area contributed by atoms with Gasteiger partial charge in [-0.2, -0.15) is 0 Å². The minimum absolute atomic E-state index is 0.0587. The standard InChI is InChI=1S/C23H25N3O2S/c27-21(26-12-6-10-16-7-4-5-11-19(16)26)14-25-15-24-22-18(23(25)28)13-20(29-22)17-8-2-1-3-9-17/h1-3,8-9,13,15-16,19H,4-7,10-12,14H2. The van der Waals surface area contributed by atoms with Crippen molar-refractivity contribution >= 4 is 27.5 Å². The molecule has 2 fully saturated rings. The van der Waals surface area contributed by atoms with Crippen molar-refractivity contribution < 1.29 is 4.79 Å². The van der Waals surface area contributed by atoms with Crippen molar-refractivity contribution in [2.45, 2.75) is 51.1 Å². The van der Waals surface area contributed by atoms with Crippen LogP contribution < -0.4 is 5.56 Å². The van der Waals surface area contributed by atoms with Gasteiger partial charge in [-0.15, -0.1) is 11.3 Å². The zero-order chi connectivity index (χ0) is 19.8. The van der Waals surface area contributed by atoms with Crippen LogP contribution in [-0.2, 0) is 11.3 Å². The predicted molar refractivity (Wildman–Crippen MR) is 116 cm³/mol. The number of likely N-dealkylation sites (tertiary alicyclic amines) is 1. The van der Waals surface area contributed by atoms with Crippen LogP contribution in [0.1, 0.15) is 38.5 Å². The molecule has 2 atom stereocenters. The Labute approximate surface area is 174 Å². The number of carbonyl (C=O) groups excluding carboxylic acids is 1. The Morgan fingerprint density at radius 3 is 2.76 bits per heavy atom. The fraction of sp³-hybridized carbons (Fsp3) is 0.435. The van der Waals surface area contributed by atoms with Gasteiger partial charge in [-0.05, 0) is 43.2 Å².